The minimum atomic E-state index is -0.660. The average molecular weight is 432 g/mol. The number of carbonyl (C=O) groups is 2. The fraction of sp³-hybridized carbons (Fsp3) is 0.105. The second-order valence-corrected chi connectivity index (χ2v) is 7.25. The third-order valence-corrected chi connectivity index (χ3v) is 5.27. The van der Waals surface area contributed by atoms with Crippen LogP contribution in [0.3, 0.4) is 0 Å². The van der Waals surface area contributed by atoms with E-state index in [9.17, 15) is 19.7 Å². The number of halogens is 1. The largest absolute Gasteiger partial charge is 0.451 e. The molecule has 1 heterocycles. The fourth-order valence-corrected chi connectivity index (χ4v) is 3.58. The quantitative estimate of drug-likeness (QED) is 0.350. The minimum Gasteiger partial charge on any atom is -0.451 e. The predicted molar refractivity (Wildman–Crippen MR) is 109 cm³/mol. The van der Waals surface area contributed by atoms with Crippen molar-refractivity contribution < 1.29 is 19.2 Å². The molecule has 1 N–H and O–H groups in total. The first-order chi connectivity index (χ1) is 13.8. The molecule has 3 rings (SSSR count). The van der Waals surface area contributed by atoms with E-state index in [0.29, 0.717) is 15.6 Å². The van der Waals surface area contributed by atoms with E-state index < -0.39 is 23.4 Å². The number of ether oxygens (including phenoxy) is 1. The van der Waals surface area contributed by atoms with Gasteiger partial charge >= 0.3 is 5.97 Å². The SMILES string of the molecule is Cc1nc(-c2ccccc2)sc1C(=O)OCC(=O)Nc1ccc([N+](=O)[O-])cc1Cl. The van der Waals surface area contributed by atoms with E-state index in [0.717, 1.165) is 11.6 Å². The van der Waals surface area contributed by atoms with Gasteiger partial charge in [-0.25, -0.2) is 9.78 Å². The van der Waals surface area contributed by atoms with Gasteiger partial charge in [0.15, 0.2) is 6.61 Å². The lowest BCUT2D eigenvalue weighted by molar-refractivity contribution is -0.384. The summed E-state index contributed by atoms with van der Waals surface area (Å²) in [5.41, 5.74) is 1.37. The monoisotopic (exact) mass is 431 g/mol. The van der Waals surface area contributed by atoms with Gasteiger partial charge in [0.1, 0.15) is 9.88 Å². The summed E-state index contributed by atoms with van der Waals surface area (Å²) in [6, 6.07) is 13.0. The summed E-state index contributed by atoms with van der Waals surface area (Å²) in [5.74, 6) is -1.29. The van der Waals surface area contributed by atoms with E-state index in [1.54, 1.807) is 6.92 Å². The van der Waals surface area contributed by atoms with E-state index in [1.165, 1.54) is 23.5 Å². The summed E-state index contributed by atoms with van der Waals surface area (Å²) in [6.45, 7) is 1.15. The van der Waals surface area contributed by atoms with Gasteiger partial charge in [-0.1, -0.05) is 41.9 Å². The summed E-state index contributed by atoms with van der Waals surface area (Å²) < 4.78 is 5.06. The van der Waals surface area contributed by atoms with Gasteiger partial charge in [0.2, 0.25) is 0 Å². The minimum absolute atomic E-state index is 0.00433. The first kappa shape index (κ1) is 20.4. The number of hydrogen-bond acceptors (Lipinski definition) is 7. The summed E-state index contributed by atoms with van der Waals surface area (Å²) in [5, 5.41) is 13.8. The highest BCUT2D eigenvalue weighted by Crippen LogP contribution is 2.29. The maximum atomic E-state index is 12.3. The molecular formula is C19H14ClN3O5S. The number of benzene rings is 2. The predicted octanol–water partition coefficient (Wildman–Crippen LogP) is 4.48. The van der Waals surface area contributed by atoms with Gasteiger partial charge in [-0.2, -0.15) is 0 Å². The van der Waals surface area contributed by atoms with Crippen LogP contribution in [0, 0.1) is 17.0 Å². The molecule has 2 aromatic carbocycles. The molecule has 0 bridgehead atoms. The zero-order valence-electron chi connectivity index (χ0n) is 15.0. The Morgan fingerprint density at radius 1 is 1.24 bits per heavy atom. The maximum Gasteiger partial charge on any atom is 0.350 e. The zero-order valence-corrected chi connectivity index (χ0v) is 16.6. The molecule has 0 spiro atoms. The fourth-order valence-electron chi connectivity index (χ4n) is 2.39. The van der Waals surface area contributed by atoms with E-state index >= 15 is 0 Å². The molecule has 10 heteroatoms. The smallest absolute Gasteiger partial charge is 0.350 e. The van der Waals surface area contributed by atoms with Crippen LogP contribution >= 0.6 is 22.9 Å². The van der Waals surface area contributed by atoms with Crippen LogP contribution in [0.5, 0.6) is 0 Å². The van der Waals surface area contributed by atoms with Gasteiger partial charge in [-0.3, -0.25) is 14.9 Å². The lowest BCUT2D eigenvalue weighted by Gasteiger charge is -2.07. The van der Waals surface area contributed by atoms with Crippen molar-refractivity contribution in [3.8, 4) is 10.6 Å². The number of carbonyl (C=O) groups excluding carboxylic acids is 2. The van der Waals surface area contributed by atoms with Crippen LogP contribution in [0.15, 0.2) is 48.5 Å². The van der Waals surface area contributed by atoms with Crippen molar-refractivity contribution >= 4 is 46.2 Å². The number of non-ortho nitro benzene ring substituents is 1. The molecular weight excluding hydrogens is 418 g/mol. The number of nitro groups is 1. The first-order valence-electron chi connectivity index (χ1n) is 8.29. The van der Waals surface area contributed by atoms with Gasteiger partial charge < -0.3 is 10.1 Å². The standard InChI is InChI=1S/C19H14ClN3O5S/c1-11-17(29-18(21-11)12-5-3-2-4-6-12)19(25)28-10-16(24)22-15-8-7-13(23(26)27)9-14(15)20/h2-9H,10H2,1H3,(H,22,24). The number of aryl methyl sites for hydroxylation is 1. The third-order valence-electron chi connectivity index (χ3n) is 3.77. The highest BCUT2D eigenvalue weighted by atomic mass is 35.5. The molecule has 0 aliphatic carbocycles. The third kappa shape index (κ3) is 4.95. The van der Waals surface area contributed by atoms with E-state index in [1.807, 2.05) is 30.3 Å². The van der Waals surface area contributed by atoms with Crippen LogP contribution in [0.4, 0.5) is 11.4 Å². The highest BCUT2D eigenvalue weighted by molar-refractivity contribution is 7.17. The molecule has 0 saturated carbocycles. The van der Waals surface area contributed by atoms with Crippen molar-refractivity contribution in [3.63, 3.8) is 0 Å². The number of esters is 1. The van der Waals surface area contributed by atoms with Crippen molar-refractivity contribution in [2.75, 3.05) is 11.9 Å². The number of anilines is 1. The van der Waals surface area contributed by atoms with Crippen LogP contribution in [0.2, 0.25) is 5.02 Å². The van der Waals surface area contributed by atoms with Gasteiger partial charge in [0.25, 0.3) is 11.6 Å². The normalized spacial score (nSPS) is 10.4. The van der Waals surface area contributed by atoms with Gasteiger partial charge in [0.05, 0.1) is 21.3 Å². The van der Waals surface area contributed by atoms with Gasteiger partial charge in [-0.05, 0) is 13.0 Å². The second kappa shape index (κ2) is 8.80. The molecule has 0 radical (unpaired) electrons. The van der Waals surface area contributed by atoms with Crippen molar-refractivity contribution in [2.45, 2.75) is 6.92 Å². The topological polar surface area (TPSA) is 111 Å². The van der Waals surface area contributed by atoms with Crippen LogP contribution in [0.25, 0.3) is 10.6 Å². The Bertz CT molecular complexity index is 1080. The van der Waals surface area contributed by atoms with Crippen LogP contribution in [0.1, 0.15) is 15.4 Å². The zero-order chi connectivity index (χ0) is 21.0. The molecule has 3 aromatic rings. The number of aromatic nitrogens is 1. The summed E-state index contributed by atoms with van der Waals surface area (Å²) in [7, 11) is 0. The molecule has 29 heavy (non-hydrogen) atoms. The number of thiazole rings is 1. The molecule has 0 fully saturated rings. The summed E-state index contributed by atoms with van der Waals surface area (Å²) in [6.07, 6.45) is 0. The van der Waals surface area contributed by atoms with E-state index in [2.05, 4.69) is 10.3 Å². The number of hydrogen-bond donors (Lipinski definition) is 1. The number of rotatable bonds is 6. The average Bonchev–Trinajstić information content (AvgIpc) is 3.10. The Morgan fingerprint density at radius 2 is 1.97 bits per heavy atom. The van der Waals surface area contributed by atoms with Crippen LogP contribution in [-0.2, 0) is 9.53 Å². The van der Waals surface area contributed by atoms with Gasteiger partial charge in [0, 0.05) is 17.7 Å². The molecule has 0 aliphatic heterocycles. The Morgan fingerprint density at radius 3 is 2.62 bits per heavy atom. The highest BCUT2D eigenvalue weighted by Gasteiger charge is 2.19. The second-order valence-electron chi connectivity index (χ2n) is 5.85. The summed E-state index contributed by atoms with van der Waals surface area (Å²) >= 11 is 7.11. The number of nitrogens with one attached hydrogen (secondary N) is 1. The Labute approximate surface area is 174 Å². The van der Waals surface area contributed by atoms with Gasteiger partial charge in [-0.15, -0.1) is 11.3 Å². The summed E-state index contributed by atoms with van der Waals surface area (Å²) in [4.78, 5) is 39.2. The molecule has 0 aliphatic rings. The Kier molecular flexibility index (Phi) is 6.20. The molecule has 0 saturated heterocycles. The van der Waals surface area contributed by atoms with E-state index in [-0.39, 0.29) is 16.4 Å². The van der Waals surface area contributed by atoms with Crippen molar-refractivity contribution in [1.82, 2.24) is 4.98 Å². The van der Waals surface area contributed by atoms with Crippen LogP contribution in [-0.4, -0.2) is 28.4 Å². The number of nitrogens with zero attached hydrogens (tertiary/aromatic N) is 2. The Balaban J connectivity index is 1.62. The molecule has 8 nitrogen and oxygen atoms in total. The van der Waals surface area contributed by atoms with Crippen LogP contribution < -0.4 is 5.32 Å². The lowest BCUT2D eigenvalue weighted by Crippen LogP contribution is -2.21. The van der Waals surface area contributed by atoms with Crippen molar-refractivity contribution in [1.29, 1.82) is 0 Å². The van der Waals surface area contributed by atoms with E-state index in [4.69, 9.17) is 16.3 Å². The number of amides is 1. The molecule has 148 valence electrons. The Hall–Kier alpha value is -3.30. The molecule has 0 atom stereocenters. The molecule has 1 amide bonds. The number of nitro benzene ring substituents is 1. The molecule has 1 aromatic heterocycles. The lowest BCUT2D eigenvalue weighted by atomic mass is 10.2. The molecule has 0 unspecified atom stereocenters. The van der Waals surface area contributed by atoms with Crippen molar-refractivity contribution in [3.05, 3.63) is 74.2 Å². The maximum absolute atomic E-state index is 12.3. The first-order valence-corrected chi connectivity index (χ1v) is 9.48. The van der Waals surface area contributed by atoms with Crippen molar-refractivity contribution in [2.24, 2.45) is 0 Å².